The van der Waals surface area contributed by atoms with E-state index in [9.17, 15) is 4.79 Å². The van der Waals surface area contributed by atoms with Gasteiger partial charge in [-0.1, -0.05) is 6.07 Å². The summed E-state index contributed by atoms with van der Waals surface area (Å²) in [4.78, 5) is 20.4. The van der Waals surface area contributed by atoms with Gasteiger partial charge in [-0.05, 0) is 59.6 Å². The molecule has 8 heteroatoms. The molecule has 0 atom stereocenters. The Hall–Kier alpha value is -2.51. The van der Waals surface area contributed by atoms with Gasteiger partial charge in [-0.2, -0.15) is 0 Å². The number of alkyl carbamates (subject to hydrolysis) is 1. The van der Waals surface area contributed by atoms with Crippen LogP contribution in [0.5, 0.6) is 0 Å². The van der Waals surface area contributed by atoms with Crippen molar-refractivity contribution in [1.82, 2.24) is 20.9 Å². The number of anilines is 1. The molecule has 0 saturated carbocycles. The van der Waals surface area contributed by atoms with Gasteiger partial charge in [0, 0.05) is 32.9 Å². The number of guanidine groups is 1. The Kier molecular flexibility index (Phi) is 9.55. The number of hydrogen-bond acceptors (Lipinski definition) is 5. The predicted molar refractivity (Wildman–Crippen MR) is 115 cm³/mol. The van der Waals surface area contributed by atoms with Gasteiger partial charge < -0.3 is 26.0 Å². The van der Waals surface area contributed by atoms with Gasteiger partial charge in [0.1, 0.15) is 11.4 Å². The average Bonchev–Trinajstić information content (AvgIpc) is 2.59. The van der Waals surface area contributed by atoms with Crippen LogP contribution in [0.25, 0.3) is 0 Å². The summed E-state index contributed by atoms with van der Waals surface area (Å²) in [5.41, 5.74) is -0.997. The van der Waals surface area contributed by atoms with E-state index in [1.165, 1.54) is 0 Å². The van der Waals surface area contributed by atoms with Crippen molar-refractivity contribution in [3.05, 3.63) is 24.4 Å². The summed E-state index contributed by atoms with van der Waals surface area (Å²) in [6, 6.07) is 5.82. The van der Waals surface area contributed by atoms with Gasteiger partial charge in [0.15, 0.2) is 5.96 Å². The number of pyridine rings is 1. The molecule has 0 aliphatic carbocycles. The number of carbonyl (C=O) groups is 1. The average molecular weight is 393 g/mol. The monoisotopic (exact) mass is 392 g/mol. The van der Waals surface area contributed by atoms with E-state index in [4.69, 9.17) is 4.74 Å². The highest BCUT2D eigenvalue weighted by Gasteiger charge is 2.24. The fourth-order valence-electron chi connectivity index (χ4n) is 2.29. The maximum Gasteiger partial charge on any atom is 0.408 e. The highest BCUT2D eigenvalue weighted by Crippen LogP contribution is 2.09. The third kappa shape index (κ3) is 11.3. The minimum Gasteiger partial charge on any atom is -0.444 e. The lowest BCUT2D eigenvalue weighted by Gasteiger charge is -2.29. The molecule has 8 nitrogen and oxygen atoms in total. The number of ether oxygens (including phenoxy) is 1. The van der Waals surface area contributed by atoms with Crippen molar-refractivity contribution in [2.24, 2.45) is 4.99 Å². The first-order valence-electron chi connectivity index (χ1n) is 9.72. The Balaban J connectivity index is 2.22. The second kappa shape index (κ2) is 11.4. The molecule has 0 bridgehead atoms. The van der Waals surface area contributed by atoms with Crippen molar-refractivity contribution in [2.75, 3.05) is 32.0 Å². The van der Waals surface area contributed by atoms with Gasteiger partial charge in [0.25, 0.3) is 0 Å². The van der Waals surface area contributed by atoms with E-state index >= 15 is 0 Å². The maximum absolute atomic E-state index is 11.9. The summed E-state index contributed by atoms with van der Waals surface area (Å²) in [5.74, 6) is 1.60. The van der Waals surface area contributed by atoms with Crippen LogP contribution in [0, 0.1) is 0 Å². The van der Waals surface area contributed by atoms with E-state index in [1.807, 2.05) is 52.8 Å². The highest BCUT2D eigenvalue weighted by molar-refractivity contribution is 5.79. The number of aromatic nitrogens is 1. The van der Waals surface area contributed by atoms with Crippen LogP contribution in [0.1, 0.15) is 47.5 Å². The topological polar surface area (TPSA) is 99.7 Å². The molecule has 0 fully saturated rings. The smallest absolute Gasteiger partial charge is 0.408 e. The van der Waals surface area contributed by atoms with Crippen LogP contribution >= 0.6 is 0 Å². The van der Waals surface area contributed by atoms with Crippen LogP contribution in [-0.2, 0) is 4.74 Å². The molecule has 0 saturated heterocycles. The van der Waals surface area contributed by atoms with Crippen LogP contribution in [0.2, 0.25) is 0 Å². The predicted octanol–water partition coefficient (Wildman–Crippen LogP) is 2.74. The number of nitrogens with zero attached hydrogens (tertiary/aromatic N) is 2. The van der Waals surface area contributed by atoms with Gasteiger partial charge in [0.05, 0.1) is 5.54 Å². The highest BCUT2D eigenvalue weighted by atomic mass is 16.6. The molecular weight excluding hydrogens is 356 g/mol. The molecule has 1 aromatic rings. The van der Waals surface area contributed by atoms with E-state index in [2.05, 4.69) is 31.2 Å². The second-order valence-electron chi connectivity index (χ2n) is 8.21. The van der Waals surface area contributed by atoms with Crippen LogP contribution in [0.15, 0.2) is 29.4 Å². The summed E-state index contributed by atoms with van der Waals surface area (Å²) >= 11 is 0. The lowest BCUT2D eigenvalue weighted by molar-refractivity contribution is 0.0474. The Bertz CT molecular complexity index is 611. The van der Waals surface area contributed by atoms with Gasteiger partial charge in [-0.25, -0.2) is 9.78 Å². The molecule has 4 N–H and O–H groups in total. The zero-order chi connectivity index (χ0) is 21.0. The Morgan fingerprint density at radius 3 is 2.43 bits per heavy atom. The molecule has 0 spiro atoms. The summed E-state index contributed by atoms with van der Waals surface area (Å²) in [6.07, 6.45) is 3.37. The normalized spacial score (nSPS) is 12.3. The molecule has 158 valence electrons. The largest absolute Gasteiger partial charge is 0.444 e. The summed E-state index contributed by atoms with van der Waals surface area (Å²) in [7, 11) is 1.73. The number of rotatable bonds is 9. The quantitative estimate of drug-likeness (QED) is 0.293. The SMILES string of the molecule is CN=C(NCCCCNc1ccccn1)NCC(C)(C)NC(=O)OC(C)(C)C. The Morgan fingerprint density at radius 1 is 1.11 bits per heavy atom. The van der Waals surface area contributed by atoms with Crippen molar-refractivity contribution in [2.45, 2.75) is 58.6 Å². The second-order valence-corrected chi connectivity index (χ2v) is 8.21. The van der Waals surface area contributed by atoms with E-state index in [1.54, 1.807) is 13.2 Å². The zero-order valence-electron chi connectivity index (χ0n) is 18.1. The number of aliphatic imine (C=N–C) groups is 1. The van der Waals surface area contributed by atoms with Gasteiger partial charge in [0.2, 0.25) is 0 Å². The van der Waals surface area contributed by atoms with Crippen LogP contribution in [0.4, 0.5) is 10.6 Å². The lowest BCUT2D eigenvalue weighted by Crippen LogP contribution is -2.54. The third-order valence-electron chi connectivity index (χ3n) is 3.63. The minimum absolute atomic E-state index is 0.428. The molecule has 0 aromatic carbocycles. The molecule has 1 amide bonds. The van der Waals surface area contributed by atoms with Crippen LogP contribution in [-0.4, -0.2) is 54.9 Å². The van der Waals surface area contributed by atoms with E-state index in [0.29, 0.717) is 12.5 Å². The molecule has 28 heavy (non-hydrogen) atoms. The van der Waals surface area contributed by atoms with Gasteiger partial charge in [-0.15, -0.1) is 0 Å². The van der Waals surface area contributed by atoms with E-state index < -0.39 is 17.2 Å². The minimum atomic E-state index is -0.517. The number of unbranched alkanes of at least 4 members (excludes halogenated alkanes) is 1. The summed E-state index contributed by atoms with van der Waals surface area (Å²) in [5, 5.41) is 12.7. The van der Waals surface area contributed by atoms with Crippen molar-refractivity contribution >= 4 is 17.9 Å². The molecular formula is C20H36N6O2. The summed E-state index contributed by atoms with van der Waals surface area (Å²) in [6.45, 7) is 11.6. The first-order chi connectivity index (χ1) is 13.1. The molecule has 1 aromatic heterocycles. The molecule has 0 aliphatic rings. The lowest BCUT2D eigenvalue weighted by atomic mass is 10.1. The summed E-state index contributed by atoms with van der Waals surface area (Å²) < 4.78 is 5.31. The molecule has 0 radical (unpaired) electrons. The van der Waals surface area contributed by atoms with Crippen molar-refractivity contribution in [3.8, 4) is 0 Å². The van der Waals surface area contributed by atoms with E-state index in [0.717, 1.165) is 31.7 Å². The van der Waals surface area contributed by atoms with Crippen molar-refractivity contribution < 1.29 is 9.53 Å². The zero-order valence-corrected chi connectivity index (χ0v) is 18.1. The van der Waals surface area contributed by atoms with Crippen molar-refractivity contribution in [3.63, 3.8) is 0 Å². The number of hydrogen-bond donors (Lipinski definition) is 4. The maximum atomic E-state index is 11.9. The van der Waals surface area contributed by atoms with Crippen molar-refractivity contribution in [1.29, 1.82) is 0 Å². The Morgan fingerprint density at radius 2 is 1.82 bits per heavy atom. The molecule has 0 aliphatic heterocycles. The fourth-order valence-corrected chi connectivity index (χ4v) is 2.29. The first kappa shape index (κ1) is 23.5. The molecule has 0 unspecified atom stereocenters. The molecule has 1 heterocycles. The van der Waals surface area contributed by atoms with Crippen LogP contribution < -0.4 is 21.3 Å². The Labute approximate surface area is 168 Å². The number of carbonyl (C=O) groups excluding carboxylic acids is 1. The van der Waals surface area contributed by atoms with Crippen LogP contribution in [0.3, 0.4) is 0 Å². The number of amides is 1. The first-order valence-corrected chi connectivity index (χ1v) is 9.72. The molecule has 1 rings (SSSR count). The third-order valence-corrected chi connectivity index (χ3v) is 3.63. The van der Waals surface area contributed by atoms with Gasteiger partial charge >= 0.3 is 6.09 Å². The van der Waals surface area contributed by atoms with E-state index in [-0.39, 0.29) is 0 Å². The van der Waals surface area contributed by atoms with Gasteiger partial charge in [-0.3, -0.25) is 4.99 Å². The number of nitrogens with one attached hydrogen (secondary N) is 4. The fraction of sp³-hybridized carbons (Fsp3) is 0.650. The standard InChI is InChI=1S/C20H36N6O2/c1-19(2,3)28-18(27)26-20(4,5)15-25-17(21-6)24-14-10-9-13-23-16-11-7-8-12-22-16/h7-8,11-12H,9-10,13-15H2,1-6H3,(H,22,23)(H,26,27)(H2,21,24,25).